The predicted molar refractivity (Wildman–Crippen MR) is 87.5 cm³/mol. The second-order valence-electron chi connectivity index (χ2n) is 5.52. The Bertz CT molecular complexity index is 744. The lowest BCUT2D eigenvalue weighted by molar-refractivity contribution is -0.116. The molecule has 0 amide bonds. The van der Waals surface area contributed by atoms with E-state index in [4.69, 9.17) is 9.47 Å². The Labute approximate surface area is 135 Å². The van der Waals surface area contributed by atoms with E-state index in [1.54, 1.807) is 38.5 Å². The maximum atomic E-state index is 12.0. The van der Waals surface area contributed by atoms with E-state index in [1.807, 2.05) is 24.3 Å². The molecule has 1 N–H and O–H groups in total. The lowest BCUT2D eigenvalue weighted by atomic mass is 9.84. The third kappa shape index (κ3) is 2.73. The van der Waals surface area contributed by atoms with Gasteiger partial charge in [0.15, 0.2) is 5.78 Å². The molecular formula is C19H18O4. The van der Waals surface area contributed by atoms with Crippen LogP contribution in [0.4, 0.5) is 0 Å². The van der Waals surface area contributed by atoms with Crippen LogP contribution in [0.5, 0.6) is 11.5 Å². The van der Waals surface area contributed by atoms with E-state index in [-0.39, 0.29) is 12.2 Å². The molecule has 1 atom stereocenters. The standard InChI is InChI=1S/C19H18O4/c1-22-16-7-3-13(4-8-16)18-11-15(20)12-19(18,21)14-5-9-17(23-2)10-6-14/h3-11,21H,12H2,1-2H3. The van der Waals surface area contributed by atoms with Gasteiger partial charge in [-0.15, -0.1) is 0 Å². The van der Waals surface area contributed by atoms with E-state index in [0.29, 0.717) is 16.9 Å². The molecule has 0 radical (unpaired) electrons. The molecule has 0 fully saturated rings. The average Bonchev–Trinajstić information content (AvgIpc) is 2.91. The largest absolute Gasteiger partial charge is 0.497 e. The number of carbonyl (C=O) groups is 1. The third-order valence-corrected chi connectivity index (χ3v) is 4.15. The first kappa shape index (κ1) is 15.3. The van der Waals surface area contributed by atoms with Crippen LogP contribution in [0, 0.1) is 0 Å². The lowest BCUT2D eigenvalue weighted by Gasteiger charge is -2.27. The first-order valence-electron chi connectivity index (χ1n) is 7.33. The van der Waals surface area contributed by atoms with E-state index < -0.39 is 5.60 Å². The fourth-order valence-corrected chi connectivity index (χ4v) is 2.90. The van der Waals surface area contributed by atoms with E-state index in [2.05, 4.69) is 0 Å². The number of benzene rings is 2. The second-order valence-corrected chi connectivity index (χ2v) is 5.52. The van der Waals surface area contributed by atoms with Crippen LogP contribution in [0.1, 0.15) is 17.5 Å². The number of ketones is 1. The number of hydrogen-bond donors (Lipinski definition) is 1. The van der Waals surface area contributed by atoms with Crippen LogP contribution in [0.15, 0.2) is 54.6 Å². The summed E-state index contributed by atoms with van der Waals surface area (Å²) in [6.45, 7) is 0. The van der Waals surface area contributed by atoms with Crippen molar-refractivity contribution in [3.63, 3.8) is 0 Å². The highest BCUT2D eigenvalue weighted by Gasteiger charge is 2.41. The summed E-state index contributed by atoms with van der Waals surface area (Å²) in [7, 11) is 3.19. The molecule has 1 unspecified atom stereocenters. The molecule has 3 rings (SSSR count). The van der Waals surface area contributed by atoms with Crippen LogP contribution >= 0.6 is 0 Å². The van der Waals surface area contributed by atoms with Crippen LogP contribution in [0.25, 0.3) is 5.57 Å². The van der Waals surface area contributed by atoms with Crippen LogP contribution in [0.3, 0.4) is 0 Å². The van der Waals surface area contributed by atoms with Crippen LogP contribution < -0.4 is 9.47 Å². The summed E-state index contributed by atoms with van der Waals surface area (Å²) in [6, 6.07) is 14.4. The van der Waals surface area contributed by atoms with Crippen LogP contribution in [0.2, 0.25) is 0 Å². The molecule has 23 heavy (non-hydrogen) atoms. The van der Waals surface area contributed by atoms with Crippen LogP contribution in [-0.2, 0) is 10.4 Å². The van der Waals surface area contributed by atoms with Gasteiger partial charge in [-0.3, -0.25) is 4.79 Å². The van der Waals surface area contributed by atoms with Gasteiger partial charge < -0.3 is 14.6 Å². The zero-order chi connectivity index (χ0) is 16.4. The fourth-order valence-electron chi connectivity index (χ4n) is 2.90. The van der Waals surface area contributed by atoms with Gasteiger partial charge in [-0.25, -0.2) is 0 Å². The Morgan fingerprint density at radius 1 is 0.913 bits per heavy atom. The Kier molecular flexibility index (Phi) is 3.92. The van der Waals surface area contributed by atoms with Crippen molar-refractivity contribution >= 4 is 11.4 Å². The van der Waals surface area contributed by atoms with Gasteiger partial charge in [0.25, 0.3) is 0 Å². The van der Waals surface area contributed by atoms with Gasteiger partial charge >= 0.3 is 0 Å². The third-order valence-electron chi connectivity index (χ3n) is 4.15. The van der Waals surface area contributed by atoms with Crippen molar-refractivity contribution in [3.8, 4) is 11.5 Å². The number of aliphatic hydroxyl groups is 1. The summed E-state index contributed by atoms with van der Waals surface area (Å²) >= 11 is 0. The summed E-state index contributed by atoms with van der Waals surface area (Å²) in [5.41, 5.74) is 0.759. The Morgan fingerprint density at radius 3 is 1.96 bits per heavy atom. The van der Waals surface area contributed by atoms with Gasteiger partial charge in [-0.1, -0.05) is 24.3 Å². The molecule has 0 spiro atoms. The first-order chi connectivity index (χ1) is 11.1. The second kappa shape index (κ2) is 5.89. The van der Waals surface area contributed by atoms with E-state index >= 15 is 0 Å². The zero-order valence-electron chi connectivity index (χ0n) is 13.1. The quantitative estimate of drug-likeness (QED) is 0.943. The van der Waals surface area contributed by atoms with E-state index in [0.717, 1.165) is 11.3 Å². The smallest absolute Gasteiger partial charge is 0.159 e. The van der Waals surface area contributed by atoms with Gasteiger partial charge in [0.2, 0.25) is 0 Å². The van der Waals surface area contributed by atoms with E-state index in [9.17, 15) is 9.90 Å². The van der Waals surface area contributed by atoms with Crippen molar-refractivity contribution in [1.29, 1.82) is 0 Å². The highest BCUT2D eigenvalue weighted by molar-refractivity contribution is 6.05. The number of ether oxygens (including phenoxy) is 2. The predicted octanol–water partition coefficient (Wildman–Crippen LogP) is 2.95. The molecule has 118 valence electrons. The van der Waals surface area contributed by atoms with Crippen LogP contribution in [-0.4, -0.2) is 25.1 Å². The molecule has 0 aliphatic heterocycles. The number of hydrogen-bond acceptors (Lipinski definition) is 4. The zero-order valence-corrected chi connectivity index (χ0v) is 13.1. The monoisotopic (exact) mass is 310 g/mol. The highest BCUT2D eigenvalue weighted by Crippen LogP contribution is 2.44. The van der Waals surface area contributed by atoms with Gasteiger partial charge in [-0.2, -0.15) is 0 Å². The average molecular weight is 310 g/mol. The molecule has 4 heteroatoms. The summed E-state index contributed by atoms with van der Waals surface area (Å²) in [6.07, 6.45) is 1.56. The van der Waals surface area contributed by atoms with Crippen molar-refractivity contribution in [1.82, 2.24) is 0 Å². The lowest BCUT2D eigenvalue weighted by Crippen LogP contribution is -2.25. The van der Waals surface area contributed by atoms with Gasteiger partial charge in [0.1, 0.15) is 17.1 Å². The number of carbonyl (C=O) groups excluding carboxylic acids is 1. The topological polar surface area (TPSA) is 55.8 Å². The van der Waals surface area contributed by atoms with Gasteiger partial charge in [-0.05, 0) is 47.0 Å². The molecule has 0 heterocycles. The van der Waals surface area contributed by atoms with Gasteiger partial charge in [0.05, 0.1) is 14.2 Å². The minimum absolute atomic E-state index is 0.0424. The minimum atomic E-state index is -1.32. The van der Waals surface area contributed by atoms with Crippen molar-refractivity contribution < 1.29 is 19.4 Å². The summed E-state index contributed by atoms with van der Waals surface area (Å²) < 4.78 is 10.3. The minimum Gasteiger partial charge on any atom is -0.497 e. The highest BCUT2D eigenvalue weighted by atomic mass is 16.5. The molecule has 1 aliphatic carbocycles. The molecule has 0 saturated heterocycles. The molecule has 1 aliphatic rings. The normalized spacial score (nSPS) is 20.3. The number of methoxy groups -OCH3 is 2. The fraction of sp³-hybridized carbons (Fsp3) is 0.211. The molecule has 0 saturated carbocycles. The summed E-state index contributed by atoms with van der Waals surface area (Å²) in [5, 5.41) is 11.2. The molecular weight excluding hydrogens is 292 g/mol. The Hall–Kier alpha value is -2.59. The number of allylic oxidation sites excluding steroid dienone is 1. The summed E-state index contributed by atoms with van der Waals surface area (Å²) in [4.78, 5) is 12.0. The van der Waals surface area contributed by atoms with E-state index in [1.165, 1.54) is 6.08 Å². The van der Waals surface area contributed by atoms with Crippen molar-refractivity contribution in [2.24, 2.45) is 0 Å². The molecule has 0 bridgehead atoms. The Balaban J connectivity index is 2.02. The SMILES string of the molecule is COc1ccc(C2=CC(=O)CC2(O)c2ccc(OC)cc2)cc1. The maximum Gasteiger partial charge on any atom is 0.159 e. The molecule has 2 aromatic rings. The summed E-state index contributed by atoms with van der Waals surface area (Å²) in [5.74, 6) is 1.34. The molecule has 2 aromatic carbocycles. The van der Waals surface area contributed by atoms with Gasteiger partial charge in [0, 0.05) is 6.42 Å². The van der Waals surface area contributed by atoms with Crippen molar-refractivity contribution in [2.45, 2.75) is 12.0 Å². The molecule has 0 aromatic heterocycles. The number of rotatable bonds is 4. The van der Waals surface area contributed by atoms with Crippen molar-refractivity contribution in [3.05, 3.63) is 65.7 Å². The molecule has 4 nitrogen and oxygen atoms in total. The Morgan fingerprint density at radius 2 is 1.43 bits per heavy atom. The first-order valence-corrected chi connectivity index (χ1v) is 7.33. The maximum absolute atomic E-state index is 12.0. The van der Waals surface area contributed by atoms with Crippen molar-refractivity contribution in [2.75, 3.05) is 14.2 Å².